The molecule has 1 aromatic carbocycles. The third-order valence-corrected chi connectivity index (χ3v) is 3.69. The van der Waals surface area contributed by atoms with Gasteiger partial charge in [-0.25, -0.2) is 0 Å². The Kier molecular flexibility index (Phi) is 4.72. The molecule has 1 aromatic rings. The number of esters is 1. The van der Waals surface area contributed by atoms with Gasteiger partial charge in [0.05, 0.1) is 18.6 Å². The molecular formula is C16H22O4Si. The number of hydrogen-bond donors (Lipinski definition) is 0. The Bertz CT molecular complexity index is 545. The number of ether oxygens (including phenoxy) is 2. The van der Waals surface area contributed by atoms with Crippen molar-refractivity contribution in [2.24, 2.45) is 0 Å². The molecule has 0 saturated carbocycles. The second-order valence-electron chi connectivity index (χ2n) is 5.91. The molecule has 5 heteroatoms. The van der Waals surface area contributed by atoms with Crippen molar-refractivity contribution in [2.75, 3.05) is 6.61 Å². The van der Waals surface area contributed by atoms with Gasteiger partial charge in [0.15, 0.2) is 0 Å². The van der Waals surface area contributed by atoms with Gasteiger partial charge in [0.2, 0.25) is 8.32 Å². The van der Waals surface area contributed by atoms with Crippen molar-refractivity contribution in [3.05, 3.63) is 35.9 Å². The number of benzene rings is 1. The second kappa shape index (κ2) is 6.35. The van der Waals surface area contributed by atoms with Crippen molar-refractivity contribution in [1.82, 2.24) is 0 Å². The molecule has 0 spiro atoms. The number of hydrogen-bond acceptors (Lipinski definition) is 4. The van der Waals surface area contributed by atoms with Crippen LogP contribution < -0.4 is 4.74 Å². The topological polar surface area (TPSA) is 44.8 Å². The minimum absolute atomic E-state index is 0.195. The standard InChI is InChI=1S/C16H22O4Si/c1-5-18-16(17)11-12-10-15(20-21(2,3)4)13-8-6-7-9-14(13)19-12/h6-10,12H,5,11H2,1-4H3. The Labute approximate surface area is 126 Å². The molecule has 1 atom stereocenters. The molecule has 1 unspecified atom stereocenters. The van der Waals surface area contributed by atoms with Gasteiger partial charge in [-0.05, 0) is 44.8 Å². The van der Waals surface area contributed by atoms with E-state index in [1.54, 1.807) is 6.92 Å². The van der Waals surface area contributed by atoms with E-state index in [-0.39, 0.29) is 18.5 Å². The quantitative estimate of drug-likeness (QED) is 0.616. The first-order valence-electron chi connectivity index (χ1n) is 7.21. The van der Waals surface area contributed by atoms with Gasteiger partial charge in [0.25, 0.3) is 0 Å². The molecule has 0 saturated heterocycles. The van der Waals surface area contributed by atoms with Crippen molar-refractivity contribution in [3.63, 3.8) is 0 Å². The molecular weight excluding hydrogens is 284 g/mol. The van der Waals surface area contributed by atoms with Crippen LogP contribution in [0, 0.1) is 0 Å². The van der Waals surface area contributed by atoms with Gasteiger partial charge in [0.1, 0.15) is 17.6 Å². The Morgan fingerprint density at radius 1 is 1.29 bits per heavy atom. The van der Waals surface area contributed by atoms with Crippen LogP contribution in [-0.4, -0.2) is 27.0 Å². The summed E-state index contributed by atoms with van der Waals surface area (Å²) >= 11 is 0. The highest BCUT2D eigenvalue weighted by atomic mass is 28.4. The van der Waals surface area contributed by atoms with Gasteiger partial charge in [-0.1, -0.05) is 12.1 Å². The maximum absolute atomic E-state index is 11.7. The average Bonchev–Trinajstić information content (AvgIpc) is 2.37. The summed E-state index contributed by atoms with van der Waals surface area (Å²) in [5, 5.41) is 0. The number of para-hydroxylation sites is 1. The lowest BCUT2D eigenvalue weighted by Crippen LogP contribution is -2.29. The van der Waals surface area contributed by atoms with Crippen molar-refractivity contribution in [1.29, 1.82) is 0 Å². The lowest BCUT2D eigenvalue weighted by Gasteiger charge is -2.29. The predicted octanol–water partition coefficient (Wildman–Crippen LogP) is 3.59. The van der Waals surface area contributed by atoms with Gasteiger partial charge in [-0.2, -0.15) is 0 Å². The molecule has 1 aliphatic heterocycles. The molecule has 4 nitrogen and oxygen atoms in total. The summed E-state index contributed by atoms with van der Waals surface area (Å²) in [4.78, 5) is 11.7. The van der Waals surface area contributed by atoms with E-state index in [4.69, 9.17) is 13.9 Å². The Balaban J connectivity index is 2.23. The Morgan fingerprint density at radius 3 is 2.67 bits per heavy atom. The molecule has 2 rings (SSSR count). The third-order valence-electron chi connectivity index (χ3n) is 2.86. The van der Waals surface area contributed by atoms with Gasteiger partial charge in [-0.15, -0.1) is 0 Å². The van der Waals surface area contributed by atoms with E-state index in [0.717, 1.165) is 17.1 Å². The summed E-state index contributed by atoms with van der Waals surface area (Å²) in [6.45, 7) is 8.57. The highest BCUT2D eigenvalue weighted by Crippen LogP contribution is 2.34. The maximum atomic E-state index is 11.7. The number of carbonyl (C=O) groups is 1. The number of carbonyl (C=O) groups excluding carboxylic acids is 1. The Hall–Kier alpha value is -1.75. The smallest absolute Gasteiger partial charge is 0.309 e. The van der Waals surface area contributed by atoms with Gasteiger partial charge < -0.3 is 13.9 Å². The molecule has 1 heterocycles. The van der Waals surface area contributed by atoms with Crippen LogP contribution in [0.5, 0.6) is 5.75 Å². The van der Waals surface area contributed by atoms with Crippen molar-refractivity contribution in [2.45, 2.75) is 39.1 Å². The average molecular weight is 306 g/mol. The normalized spacial score (nSPS) is 17.3. The zero-order valence-corrected chi connectivity index (χ0v) is 14.0. The highest BCUT2D eigenvalue weighted by molar-refractivity contribution is 6.70. The summed E-state index contributed by atoms with van der Waals surface area (Å²) in [6.07, 6.45) is 1.74. The lowest BCUT2D eigenvalue weighted by atomic mass is 10.1. The van der Waals surface area contributed by atoms with Gasteiger partial charge in [-0.3, -0.25) is 4.79 Å². The first kappa shape index (κ1) is 15.6. The van der Waals surface area contributed by atoms with Crippen LogP contribution in [-0.2, 0) is 14.0 Å². The van der Waals surface area contributed by atoms with E-state index in [0.29, 0.717) is 6.61 Å². The van der Waals surface area contributed by atoms with Crippen molar-refractivity contribution >= 4 is 20.0 Å². The Morgan fingerprint density at radius 2 is 2.00 bits per heavy atom. The van der Waals surface area contributed by atoms with E-state index >= 15 is 0 Å². The van der Waals surface area contributed by atoms with Crippen LogP contribution in [0.15, 0.2) is 30.3 Å². The third kappa shape index (κ3) is 4.36. The summed E-state index contributed by atoms with van der Waals surface area (Å²) < 4.78 is 17.0. The number of rotatable bonds is 5. The number of fused-ring (bicyclic) bond motifs is 1. The molecule has 0 bridgehead atoms. The summed E-state index contributed by atoms with van der Waals surface area (Å²) in [5.74, 6) is 1.30. The van der Waals surface area contributed by atoms with E-state index in [2.05, 4.69) is 19.6 Å². The van der Waals surface area contributed by atoms with Crippen LogP contribution in [0.1, 0.15) is 18.9 Å². The molecule has 0 N–H and O–H groups in total. The lowest BCUT2D eigenvalue weighted by molar-refractivity contribution is -0.144. The summed E-state index contributed by atoms with van der Waals surface area (Å²) in [6, 6.07) is 7.74. The van der Waals surface area contributed by atoms with Gasteiger partial charge in [0, 0.05) is 0 Å². The SMILES string of the molecule is CCOC(=O)CC1C=C(O[Si](C)(C)C)c2ccccc2O1. The van der Waals surface area contributed by atoms with Crippen molar-refractivity contribution < 1.29 is 18.7 Å². The monoisotopic (exact) mass is 306 g/mol. The van der Waals surface area contributed by atoms with Gasteiger partial charge >= 0.3 is 5.97 Å². The van der Waals surface area contributed by atoms with Crippen molar-refractivity contribution in [3.8, 4) is 5.75 Å². The van der Waals surface area contributed by atoms with Crippen LogP contribution in [0.25, 0.3) is 5.76 Å². The van der Waals surface area contributed by atoms with E-state index in [1.807, 2.05) is 30.3 Å². The largest absolute Gasteiger partial charge is 0.544 e. The van der Waals surface area contributed by atoms with E-state index in [1.165, 1.54) is 0 Å². The maximum Gasteiger partial charge on any atom is 0.309 e. The first-order valence-corrected chi connectivity index (χ1v) is 10.6. The fourth-order valence-electron chi connectivity index (χ4n) is 2.13. The molecule has 0 aliphatic carbocycles. The minimum atomic E-state index is -1.74. The fourth-order valence-corrected chi connectivity index (χ4v) is 2.97. The van der Waals surface area contributed by atoms with Crippen LogP contribution in [0.4, 0.5) is 0 Å². The summed E-state index contributed by atoms with van der Waals surface area (Å²) in [7, 11) is -1.74. The fraction of sp³-hybridized carbons (Fsp3) is 0.438. The second-order valence-corrected chi connectivity index (χ2v) is 10.3. The van der Waals surface area contributed by atoms with E-state index in [9.17, 15) is 4.79 Å². The van der Waals surface area contributed by atoms with E-state index < -0.39 is 8.32 Å². The zero-order chi connectivity index (χ0) is 15.5. The molecule has 0 fully saturated rings. The zero-order valence-electron chi connectivity index (χ0n) is 13.0. The first-order chi connectivity index (χ1) is 9.89. The minimum Gasteiger partial charge on any atom is -0.544 e. The van der Waals surface area contributed by atoms with Crippen LogP contribution in [0.3, 0.4) is 0 Å². The molecule has 21 heavy (non-hydrogen) atoms. The predicted molar refractivity (Wildman–Crippen MR) is 84.5 cm³/mol. The molecule has 1 aliphatic rings. The van der Waals surface area contributed by atoms with Crippen LogP contribution >= 0.6 is 0 Å². The highest BCUT2D eigenvalue weighted by Gasteiger charge is 2.27. The molecule has 0 radical (unpaired) electrons. The van der Waals surface area contributed by atoms with Crippen LogP contribution in [0.2, 0.25) is 19.6 Å². The molecule has 0 amide bonds. The summed E-state index contributed by atoms with van der Waals surface area (Å²) in [5.41, 5.74) is 0.944. The molecule has 114 valence electrons. The molecule has 0 aromatic heterocycles.